The van der Waals surface area contributed by atoms with E-state index in [0.717, 1.165) is 51.1 Å². The second-order valence-electron chi connectivity index (χ2n) is 9.03. The van der Waals surface area contributed by atoms with Crippen LogP contribution in [0.5, 0.6) is 0 Å². The maximum absolute atomic E-state index is 12.4. The second kappa shape index (κ2) is 10.1. The van der Waals surface area contributed by atoms with E-state index in [1.54, 1.807) is 0 Å². The lowest BCUT2D eigenvalue weighted by Gasteiger charge is -2.12. The molecule has 0 aliphatic carbocycles. The second-order valence-corrected chi connectivity index (χ2v) is 10.9. The van der Waals surface area contributed by atoms with E-state index in [0.29, 0.717) is 24.5 Å². The summed E-state index contributed by atoms with van der Waals surface area (Å²) in [5, 5.41) is 14.5. The van der Waals surface area contributed by atoms with E-state index in [-0.39, 0.29) is 5.75 Å². The van der Waals surface area contributed by atoms with Gasteiger partial charge in [0.2, 0.25) is 15.8 Å². The van der Waals surface area contributed by atoms with Crippen molar-refractivity contribution in [1.82, 2.24) is 30.2 Å². The number of benzene rings is 3. The van der Waals surface area contributed by atoms with Crippen LogP contribution in [0.25, 0.3) is 33.5 Å². The molecule has 0 bridgehead atoms. The van der Waals surface area contributed by atoms with E-state index < -0.39 is 10.0 Å². The molecule has 5 aromatic rings. The maximum Gasteiger partial charge on any atom is 0.232 e. The van der Waals surface area contributed by atoms with Crippen LogP contribution < -0.4 is 4.72 Å². The molecule has 0 spiro atoms. The Bertz CT molecular complexity index is 1640. The van der Waals surface area contributed by atoms with Crippen molar-refractivity contribution in [3.05, 3.63) is 77.6 Å². The largest absolute Gasteiger partial charge is 0.323 e. The van der Waals surface area contributed by atoms with Crippen LogP contribution in [0.4, 0.5) is 5.69 Å². The number of aromatic amines is 1. The number of aryl methyl sites for hydroxylation is 2. The van der Waals surface area contributed by atoms with E-state index in [4.69, 9.17) is 4.98 Å². The molecule has 37 heavy (non-hydrogen) atoms. The minimum Gasteiger partial charge on any atom is -0.323 e. The zero-order valence-corrected chi connectivity index (χ0v) is 21.9. The Labute approximate surface area is 216 Å². The Morgan fingerprint density at radius 2 is 1.76 bits per heavy atom. The van der Waals surface area contributed by atoms with Gasteiger partial charge in [0.05, 0.1) is 22.5 Å². The highest BCUT2D eigenvalue weighted by Gasteiger charge is 2.16. The molecule has 0 atom stereocenters. The topological polar surface area (TPSA) is 118 Å². The van der Waals surface area contributed by atoms with Crippen molar-refractivity contribution < 1.29 is 8.42 Å². The molecule has 0 fully saturated rings. The number of fused-ring (bicyclic) bond motifs is 1. The Morgan fingerprint density at radius 1 is 1.00 bits per heavy atom. The van der Waals surface area contributed by atoms with Gasteiger partial charge in [0.15, 0.2) is 0 Å². The number of rotatable bonds is 9. The summed E-state index contributed by atoms with van der Waals surface area (Å²) < 4.78 is 29.7. The molecule has 10 heteroatoms. The zero-order chi connectivity index (χ0) is 26.0. The van der Waals surface area contributed by atoms with Gasteiger partial charge < -0.3 is 4.57 Å². The Morgan fingerprint density at radius 3 is 2.43 bits per heavy atom. The van der Waals surface area contributed by atoms with Crippen LogP contribution in [0.2, 0.25) is 0 Å². The summed E-state index contributed by atoms with van der Waals surface area (Å²) in [6.07, 6.45) is 1.32. The van der Waals surface area contributed by atoms with Crippen LogP contribution in [0.3, 0.4) is 0 Å². The maximum atomic E-state index is 12.4. The Kier molecular flexibility index (Phi) is 6.75. The number of aromatic nitrogens is 6. The van der Waals surface area contributed by atoms with Crippen molar-refractivity contribution in [2.24, 2.45) is 0 Å². The van der Waals surface area contributed by atoms with E-state index in [1.807, 2.05) is 50.2 Å². The van der Waals surface area contributed by atoms with Gasteiger partial charge in [0, 0.05) is 18.5 Å². The third-order valence-corrected chi connectivity index (χ3v) is 7.80. The van der Waals surface area contributed by atoms with Crippen molar-refractivity contribution in [2.75, 3.05) is 10.5 Å². The molecular weight excluding hydrogens is 486 g/mol. The number of tetrazole rings is 1. The van der Waals surface area contributed by atoms with Gasteiger partial charge in [0.25, 0.3) is 0 Å². The molecule has 2 N–H and O–H groups in total. The Hall–Kier alpha value is -4.05. The van der Waals surface area contributed by atoms with Gasteiger partial charge in [0.1, 0.15) is 5.82 Å². The molecule has 0 aliphatic rings. The van der Waals surface area contributed by atoms with Gasteiger partial charge in [-0.1, -0.05) is 62.4 Å². The number of imidazole rings is 1. The smallest absolute Gasteiger partial charge is 0.232 e. The molecule has 0 saturated carbocycles. The van der Waals surface area contributed by atoms with Gasteiger partial charge in [-0.25, -0.2) is 13.4 Å². The normalized spacial score (nSPS) is 11.8. The number of H-pyrrole nitrogens is 1. The summed E-state index contributed by atoms with van der Waals surface area (Å²) >= 11 is 0. The summed E-state index contributed by atoms with van der Waals surface area (Å²) in [6, 6.07) is 20.1. The fourth-order valence-electron chi connectivity index (χ4n) is 4.62. The first-order valence-corrected chi connectivity index (χ1v) is 14.0. The first-order valence-electron chi connectivity index (χ1n) is 12.3. The minimum atomic E-state index is -3.39. The highest BCUT2D eigenvalue weighted by molar-refractivity contribution is 7.92. The number of sulfonamides is 1. The lowest BCUT2D eigenvalue weighted by molar-refractivity contribution is 0.600. The van der Waals surface area contributed by atoms with E-state index in [1.165, 1.54) is 0 Å². The monoisotopic (exact) mass is 515 g/mol. The van der Waals surface area contributed by atoms with Gasteiger partial charge in [-0.3, -0.25) is 4.72 Å². The summed E-state index contributed by atoms with van der Waals surface area (Å²) in [6.45, 7) is 6.52. The minimum absolute atomic E-state index is 0.0890. The van der Waals surface area contributed by atoms with Gasteiger partial charge in [-0.2, -0.15) is 5.21 Å². The predicted molar refractivity (Wildman–Crippen MR) is 146 cm³/mol. The third-order valence-electron chi connectivity index (χ3n) is 6.30. The van der Waals surface area contributed by atoms with E-state index in [9.17, 15) is 8.42 Å². The van der Waals surface area contributed by atoms with E-state index in [2.05, 4.69) is 61.1 Å². The number of hydrogen-bond donors (Lipinski definition) is 2. The third kappa shape index (κ3) is 5.10. The molecule has 9 nitrogen and oxygen atoms in total. The lowest BCUT2D eigenvalue weighted by atomic mass is 9.98. The van der Waals surface area contributed by atoms with Crippen molar-refractivity contribution in [2.45, 2.75) is 40.2 Å². The molecule has 0 saturated heterocycles. The molecule has 0 radical (unpaired) electrons. The van der Waals surface area contributed by atoms with Crippen molar-refractivity contribution in [3.8, 4) is 22.5 Å². The summed E-state index contributed by atoms with van der Waals surface area (Å²) in [4.78, 5) is 4.87. The molecule has 2 heterocycles. The average molecular weight is 516 g/mol. The van der Waals surface area contributed by atoms with Crippen LogP contribution in [0.15, 0.2) is 60.7 Å². The number of hydrogen-bond acceptors (Lipinski definition) is 6. The van der Waals surface area contributed by atoms with Crippen LogP contribution in [0.1, 0.15) is 37.2 Å². The molecular formula is C27H29N7O2S. The summed E-state index contributed by atoms with van der Waals surface area (Å²) in [7, 11) is -3.39. The predicted octanol–water partition coefficient (Wildman–Crippen LogP) is 4.95. The Balaban J connectivity index is 1.48. The highest BCUT2D eigenvalue weighted by atomic mass is 32.2. The number of nitrogens with one attached hydrogen (secondary N) is 2. The van der Waals surface area contributed by atoms with Crippen molar-refractivity contribution >= 4 is 26.7 Å². The summed E-state index contributed by atoms with van der Waals surface area (Å²) in [5.41, 5.74) is 7.41. The fraction of sp³-hybridized carbons (Fsp3) is 0.259. The van der Waals surface area contributed by atoms with Crippen LogP contribution in [-0.2, 0) is 23.0 Å². The fourth-order valence-corrected chi connectivity index (χ4v) is 5.74. The van der Waals surface area contributed by atoms with Crippen LogP contribution >= 0.6 is 0 Å². The molecule has 190 valence electrons. The molecule has 3 aromatic carbocycles. The molecule has 0 aliphatic heterocycles. The standard InChI is InChI=1S/C27H29N7O2S/c1-4-14-37(35,36)31-21-15-18(3)26-24(16-21)34(25(5-2)28-26)17-19-10-12-20(13-11-19)22-8-6-7-9-23(22)27-29-32-33-30-27/h6-13,15-16,31H,4-5,14,17H2,1-3H3,(H,29,30,32,33). The number of anilines is 1. The van der Waals surface area contributed by atoms with E-state index >= 15 is 0 Å². The first-order chi connectivity index (χ1) is 17.9. The van der Waals surface area contributed by atoms with Gasteiger partial charge in [-0.05, 0) is 52.9 Å². The molecule has 0 unspecified atom stereocenters. The molecule has 0 amide bonds. The SMILES string of the molecule is CCCS(=O)(=O)Nc1cc(C)c2nc(CC)n(Cc3ccc(-c4ccccc4-c4nn[nH]n4)cc3)c2c1. The van der Waals surface area contributed by atoms with Gasteiger partial charge >= 0.3 is 0 Å². The summed E-state index contributed by atoms with van der Waals surface area (Å²) in [5.74, 6) is 1.60. The van der Waals surface area contributed by atoms with Crippen molar-refractivity contribution in [3.63, 3.8) is 0 Å². The van der Waals surface area contributed by atoms with Gasteiger partial charge in [-0.15, -0.1) is 10.2 Å². The lowest BCUT2D eigenvalue weighted by Crippen LogP contribution is -2.16. The molecule has 2 aromatic heterocycles. The average Bonchev–Trinajstić information content (AvgIpc) is 3.53. The zero-order valence-electron chi connectivity index (χ0n) is 21.1. The van der Waals surface area contributed by atoms with Crippen molar-refractivity contribution in [1.29, 1.82) is 0 Å². The quantitative estimate of drug-likeness (QED) is 0.287. The molecule has 5 rings (SSSR count). The highest BCUT2D eigenvalue weighted by Crippen LogP contribution is 2.31. The number of nitrogens with zero attached hydrogens (tertiary/aromatic N) is 5. The van der Waals surface area contributed by atoms with Crippen LogP contribution in [0, 0.1) is 6.92 Å². The van der Waals surface area contributed by atoms with Crippen LogP contribution in [-0.4, -0.2) is 44.3 Å². The first kappa shape index (κ1) is 24.6.